The molecule has 0 aromatic heterocycles. The second-order valence-electron chi connectivity index (χ2n) is 5.50. The number of anilines is 1. The molecular weight excluding hydrogens is 344 g/mol. The Bertz CT molecular complexity index is 1010. The van der Waals surface area contributed by atoms with Crippen molar-refractivity contribution in [2.45, 2.75) is 0 Å². The molecule has 0 heterocycles. The summed E-state index contributed by atoms with van der Waals surface area (Å²) in [6.07, 6.45) is 1.74. The van der Waals surface area contributed by atoms with Crippen LogP contribution < -0.4 is 5.32 Å². The van der Waals surface area contributed by atoms with Crippen LogP contribution >= 0.6 is 0 Å². The van der Waals surface area contributed by atoms with E-state index in [0.717, 1.165) is 11.4 Å². The molecule has 2 nitrogen and oxygen atoms in total. The molecule has 4 rings (SSSR count). The van der Waals surface area contributed by atoms with E-state index < -0.39 is 0 Å². The first-order valence-electron chi connectivity index (χ1n) is 7.65. The zero-order chi connectivity index (χ0) is 15.5. The van der Waals surface area contributed by atoms with E-state index in [1.165, 1.54) is 21.5 Å². The van der Waals surface area contributed by atoms with Crippen LogP contribution in [0, 0.1) is 0 Å². The summed E-state index contributed by atoms with van der Waals surface area (Å²) in [6, 6.07) is 29.1. The predicted octanol–water partition coefficient (Wildman–Crippen LogP) is 5.76. The fourth-order valence-corrected chi connectivity index (χ4v) is 2.72. The van der Waals surface area contributed by atoms with E-state index in [4.69, 9.17) is 0 Å². The molecule has 0 saturated heterocycles. The minimum atomic E-state index is 0. The zero-order valence-electron chi connectivity index (χ0n) is 12.9. The molecule has 0 aliphatic rings. The molecule has 0 bridgehead atoms. The van der Waals surface area contributed by atoms with Crippen molar-refractivity contribution in [1.29, 1.82) is 0 Å². The van der Waals surface area contributed by atoms with Crippen LogP contribution in [0.25, 0.3) is 21.5 Å². The standard InChI is InChI=1S/C21H16N2.Cu/c1-3-7-18-13-20(11-9-16(18)5-1)22-15-23-21-12-10-17-6-2-4-8-19(17)14-21;/h1-15H,(H,22,23);/q;+2. The van der Waals surface area contributed by atoms with E-state index in [1.807, 2.05) is 18.2 Å². The molecule has 0 spiro atoms. The number of benzene rings is 4. The normalized spacial score (nSPS) is 10.8. The van der Waals surface area contributed by atoms with E-state index in [-0.39, 0.29) is 17.1 Å². The molecule has 0 aliphatic heterocycles. The largest absolute Gasteiger partial charge is 2.00 e. The summed E-state index contributed by atoms with van der Waals surface area (Å²) in [5, 5.41) is 8.13. The quantitative estimate of drug-likeness (QED) is 0.280. The predicted molar refractivity (Wildman–Crippen MR) is 99.7 cm³/mol. The van der Waals surface area contributed by atoms with Crippen molar-refractivity contribution < 1.29 is 17.1 Å². The van der Waals surface area contributed by atoms with Gasteiger partial charge in [0.1, 0.15) is 0 Å². The Hall–Kier alpha value is -2.61. The maximum Gasteiger partial charge on any atom is 2.00 e. The molecule has 1 radical (unpaired) electrons. The Labute approximate surface area is 151 Å². The van der Waals surface area contributed by atoms with Crippen molar-refractivity contribution >= 4 is 39.3 Å². The maximum absolute atomic E-state index is 4.50. The van der Waals surface area contributed by atoms with Gasteiger partial charge in [-0.05, 0) is 45.8 Å². The summed E-state index contributed by atoms with van der Waals surface area (Å²) in [7, 11) is 0. The van der Waals surface area contributed by atoms with E-state index in [9.17, 15) is 0 Å². The van der Waals surface area contributed by atoms with E-state index in [0.29, 0.717) is 0 Å². The van der Waals surface area contributed by atoms with Gasteiger partial charge < -0.3 is 5.32 Å². The Morgan fingerprint density at radius 1 is 0.625 bits per heavy atom. The minimum Gasteiger partial charge on any atom is -0.346 e. The first-order chi connectivity index (χ1) is 11.4. The van der Waals surface area contributed by atoms with Gasteiger partial charge in [0.2, 0.25) is 0 Å². The number of fused-ring (bicyclic) bond motifs is 2. The van der Waals surface area contributed by atoms with Crippen molar-refractivity contribution in [2.24, 2.45) is 4.99 Å². The van der Waals surface area contributed by atoms with Crippen LogP contribution in [0.5, 0.6) is 0 Å². The van der Waals surface area contributed by atoms with Crippen LogP contribution in [0.1, 0.15) is 0 Å². The van der Waals surface area contributed by atoms with E-state index in [1.54, 1.807) is 6.34 Å². The third kappa shape index (κ3) is 3.48. The molecule has 0 amide bonds. The zero-order valence-corrected chi connectivity index (χ0v) is 13.9. The van der Waals surface area contributed by atoms with Crippen LogP contribution in [0.2, 0.25) is 0 Å². The third-order valence-electron chi connectivity index (χ3n) is 3.93. The number of nitrogens with zero attached hydrogens (tertiary/aromatic N) is 1. The molecule has 4 aromatic rings. The number of aliphatic imine (C=N–C) groups is 1. The van der Waals surface area contributed by atoms with Crippen LogP contribution in [0.3, 0.4) is 0 Å². The van der Waals surface area contributed by atoms with Gasteiger partial charge in [-0.1, -0.05) is 60.7 Å². The summed E-state index contributed by atoms with van der Waals surface area (Å²) in [5.41, 5.74) is 1.98. The molecule has 0 atom stereocenters. The Morgan fingerprint density at radius 2 is 1.21 bits per heavy atom. The average Bonchev–Trinajstić information content (AvgIpc) is 2.61. The van der Waals surface area contributed by atoms with Crippen molar-refractivity contribution in [1.82, 2.24) is 0 Å². The van der Waals surface area contributed by atoms with E-state index >= 15 is 0 Å². The van der Waals surface area contributed by atoms with Gasteiger partial charge in [-0.25, -0.2) is 4.99 Å². The molecule has 1 N–H and O–H groups in total. The molecule has 3 heteroatoms. The number of nitrogens with one attached hydrogen (secondary N) is 1. The van der Waals surface area contributed by atoms with Crippen LogP contribution in [-0.4, -0.2) is 6.34 Å². The molecule has 0 aliphatic carbocycles. The molecule has 119 valence electrons. The van der Waals surface area contributed by atoms with Gasteiger partial charge in [0, 0.05) is 5.69 Å². The average molecular weight is 360 g/mol. The molecular formula is C21H16CuN2+2. The third-order valence-corrected chi connectivity index (χ3v) is 3.93. The van der Waals surface area contributed by atoms with Crippen LogP contribution in [0.15, 0.2) is 89.9 Å². The molecule has 0 unspecified atom stereocenters. The van der Waals surface area contributed by atoms with Gasteiger partial charge in [0.15, 0.2) is 0 Å². The topological polar surface area (TPSA) is 24.4 Å². The smallest absolute Gasteiger partial charge is 0.346 e. The Kier molecular flexibility index (Phi) is 4.95. The summed E-state index contributed by atoms with van der Waals surface area (Å²) in [4.78, 5) is 4.50. The van der Waals surface area contributed by atoms with Crippen molar-refractivity contribution in [2.75, 3.05) is 5.32 Å². The minimum absolute atomic E-state index is 0. The summed E-state index contributed by atoms with van der Waals surface area (Å²) in [6.45, 7) is 0. The van der Waals surface area contributed by atoms with E-state index in [2.05, 4.69) is 77.0 Å². The monoisotopic (exact) mass is 359 g/mol. The summed E-state index contributed by atoms with van der Waals surface area (Å²) >= 11 is 0. The second kappa shape index (κ2) is 7.31. The molecule has 0 fully saturated rings. The van der Waals surface area contributed by atoms with Gasteiger partial charge in [-0.3, -0.25) is 0 Å². The molecule has 0 saturated carbocycles. The fraction of sp³-hybridized carbons (Fsp3) is 0. The summed E-state index contributed by atoms with van der Waals surface area (Å²) in [5.74, 6) is 0. The number of hydrogen-bond donors (Lipinski definition) is 1. The van der Waals surface area contributed by atoms with Crippen molar-refractivity contribution in [3.63, 3.8) is 0 Å². The first-order valence-corrected chi connectivity index (χ1v) is 7.65. The maximum atomic E-state index is 4.50. The van der Waals surface area contributed by atoms with Gasteiger partial charge in [-0.15, -0.1) is 0 Å². The Balaban J connectivity index is 0.00000169. The van der Waals surface area contributed by atoms with Crippen LogP contribution in [0.4, 0.5) is 11.4 Å². The van der Waals surface area contributed by atoms with Gasteiger partial charge in [0.05, 0.1) is 12.0 Å². The van der Waals surface area contributed by atoms with Crippen molar-refractivity contribution in [3.8, 4) is 0 Å². The second-order valence-corrected chi connectivity index (χ2v) is 5.50. The van der Waals surface area contributed by atoms with Crippen molar-refractivity contribution in [3.05, 3.63) is 84.9 Å². The number of rotatable bonds is 3. The molecule has 24 heavy (non-hydrogen) atoms. The number of hydrogen-bond acceptors (Lipinski definition) is 1. The first kappa shape index (κ1) is 16.3. The fourth-order valence-electron chi connectivity index (χ4n) is 2.72. The summed E-state index contributed by atoms with van der Waals surface area (Å²) < 4.78 is 0. The van der Waals surface area contributed by atoms with Gasteiger partial charge in [-0.2, -0.15) is 0 Å². The Morgan fingerprint density at radius 3 is 1.92 bits per heavy atom. The SMILES string of the molecule is C(=Nc1ccc2ccccc2c1)Nc1ccc2ccccc2c1.[Cu+2]. The van der Waals surface area contributed by atoms with Gasteiger partial charge >= 0.3 is 17.1 Å². The molecule has 4 aromatic carbocycles. The van der Waals surface area contributed by atoms with Gasteiger partial charge in [0.25, 0.3) is 0 Å². The van der Waals surface area contributed by atoms with Crippen LogP contribution in [-0.2, 0) is 17.1 Å².